The number of aromatic nitrogens is 2. The molecule has 0 radical (unpaired) electrons. The van der Waals surface area contributed by atoms with Gasteiger partial charge in [-0.2, -0.15) is 4.98 Å². The molecule has 19 heavy (non-hydrogen) atoms. The number of anilines is 1. The van der Waals surface area contributed by atoms with Gasteiger partial charge in [-0.15, -0.1) is 0 Å². The highest BCUT2D eigenvalue weighted by molar-refractivity contribution is 5.27. The van der Waals surface area contributed by atoms with E-state index in [1.165, 1.54) is 25.8 Å². The summed E-state index contributed by atoms with van der Waals surface area (Å²) in [6, 6.07) is 2.38. The summed E-state index contributed by atoms with van der Waals surface area (Å²) >= 11 is 0. The maximum absolute atomic E-state index is 5.51. The van der Waals surface area contributed by atoms with E-state index in [-0.39, 0.29) is 0 Å². The van der Waals surface area contributed by atoms with E-state index >= 15 is 0 Å². The zero-order chi connectivity index (χ0) is 13.5. The zero-order valence-electron chi connectivity index (χ0n) is 11.9. The Labute approximate surface area is 115 Å². The van der Waals surface area contributed by atoms with Gasteiger partial charge >= 0.3 is 0 Å². The third-order valence-corrected chi connectivity index (χ3v) is 3.50. The Morgan fingerprint density at radius 1 is 1.47 bits per heavy atom. The van der Waals surface area contributed by atoms with Gasteiger partial charge in [0.05, 0.1) is 6.61 Å². The number of likely N-dealkylation sites (N-methyl/N-ethyl adjacent to an activating group) is 1. The van der Waals surface area contributed by atoms with Crippen molar-refractivity contribution in [3.05, 3.63) is 12.3 Å². The van der Waals surface area contributed by atoms with Crippen LogP contribution in [0, 0.1) is 0 Å². The van der Waals surface area contributed by atoms with Crippen LogP contribution < -0.4 is 10.1 Å². The first-order chi connectivity index (χ1) is 9.29. The molecule has 0 bridgehead atoms. The lowest BCUT2D eigenvalue weighted by molar-refractivity contribution is 0.194. The first kappa shape index (κ1) is 14.1. The quantitative estimate of drug-likeness (QED) is 0.853. The predicted molar refractivity (Wildman–Crippen MR) is 76.6 cm³/mol. The van der Waals surface area contributed by atoms with Crippen LogP contribution in [0.25, 0.3) is 0 Å². The predicted octanol–water partition coefficient (Wildman–Crippen LogP) is 2.16. The molecule has 1 unspecified atom stereocenters. The molecular weight excluding hydrogens is 240 g/mol. The number of rotatable bonds is 6. The molecule has 1 saturated heterocycles. The van der Waals surface area contributed by atoms with Crippen molar-refractivity contribution in [2.45, 2.75) is 38.6 Å². The molecule has 1 fully saturated rings. The second-order valence-electron chi connectivity index (χ2n) is 5.08. The molecule has 1 atom stereocenters. The minimum Gasteiger partial charge on any atom is -0.478 e. The molecule has 0 aromatic carbocycles. The number of ether oxygens (including phenoxy) is 1. The standard InChI is InChI=1S/C14H24N4O/c1-3-10-19-13-7-8-15-14(17-13)16-11-12-6-4-5-9-18(12)2/h7-8,12H,3-6,9-11H2,1-2H3,(H,15,16,17). The van der Waals surface area contributed by atoms with Gasteiger partial charge in [0.15, 0.2) is 0 Å². The van der Waals surface area contributed by atoms with E-state index in [4.69, 9.17) is 4.74 Å². The fourth-order valence-corrected chi connectivity index (χ4v) is 2.33. The average Bonchev–Trinajstić information content (AvgIpc) is 2.45. The van der Waals surface area contributed by atoms with Gasteiger partial charge in [0.25, 0.3) is 0 Å². The molecule has 0 aliphatic carbocycles. The van der Waals surface area contributed by atoms with Gasteiger partial charge in [-0.05, 0) is 32.9 Å². The molecule has 2 heterocycles. The minimum atomic E-state index is 0.581. The highest BCUT2D eigenvalue weighted by atomic mass is 16.5. The molecule has 2 rings (SSSR count). The topological polar surface area (TPSA) is 50.3 Å². The Morgan fingerprint density at radius 3 is 3.16 bits per heavy atom. The second kappa shape index (κ2) is 7.28. The maximum atomic E-state index is 5.51. The van der Waals surface area contributed by atoms with Crippen LogP contribution in [0.5, 0.6) is 5.88 Å². The van der Waals surface area contributed by atoms with E-state index in [2.05, 4.69) is 34.2 Å². The highest BCUT2D eigenvalue weighted by Crippen LogP contribution is 2.15. The lowest BCUT2D eigenvalue weighted by atomic mass is 10.0. The van der Waals surface area contributed by atoms with Crippen LogP contribution >= 0.6 is 0 Å². The lowest BCUT2D eigenvalue weighted by Gasteiger charge is -2.32. The van der Waals surface area contributed by atoms with Crippen molar-refractivity contribution >= 4 is 5.95 Å². The summed E-state index contributed by atoms with van der Waals surface area (Å²) in [7, 11) is 2.19. The molecule has 0 saturated carbocycles. The molecule has 5 heteroatoms. The van der Waals surface area contributed by atoms with Crippen LogP contribution in [0.2, 0.25) is 0 Å². The fourth-order valence-electron chi connectivity index (χ4n) is 2.33. The SMILES string of the molecule is CCCOc1ccnc(NCC2CCCCN2C)n1. The molecule has 1 aliphatic heterocycles. The molecule has 0 amide bonds. The number of likely N-dealkylation sites (tertiary alicyclic amines) is 1. The van der Waals surface area contributed by atoms with E-state index in [1.54, 1.807) is 12.3 Å². The van der Waals surface area contributed by atoms with Crippen molar-refractivity contribution in [3.63, 3.8) is 0 Å². The lowest BCUT2D eigenvalue weighted by Crippen LogP contribution is -2.40. The van der Waals surface area contributed by atoms with E-state index in [0.29, 0.717) is 24.5 Å². The normalized spacial score (nSPS) is 20.2. The van der Waals surface area contributed by atoms with Crippen LogP contribution in [0.4, 0.5) is 5.95 Å². The summed E-state index contributed by atoms with van der Waals surface area (Å²) in [6.45, 7) is 4.86. The third kappa shape index (κ3) is 4.35. The van der Waals surface area contributed by atoms with E-state index < -0.39 is 0 Å². The first-order valence-corrected chi connectivity index (χ1v) is 7.19. The van der Waals surface area contributed by atoms with Crippen molar-refractivity contribution in [2.75, 3.05) is 32.1 Å². The largest absolute Gasteiger partial charge is 0.478 e. The van der Waals surface area contributed by atoms with Gasteiger partial charge in [0.2, 0.25) is 11.8 Å². The third-order valence-electron chi connectivity index (χ3n) is 3.50. The van der Waals surface area contributed by atoms with Crippen molar-refractivity contribution in [3.8, 4) is 5.88 Å². The smallest absolute Gasteiger partial charge is 0.225 e. The Morgan fingerprint density at radius 2 is 2.37 bits per heavy atom. The Balaban J connectivity index is 1.84. The van der Waals surface area contributed by atoms with Crippen LogP contribution in [-0.4, -0.2) is 47.7 Å². The number of hydrogen-bond acceptors (Lipinski definition) is 5. The Hall–Kier alpha value is -1.36. The van der Waals surface area contributed by atoms with Gasteiger partial charge in [0, 0.05) is 24.8 Å². The summed E-state index contributed by atoms with van der Waals surface area (Å²) in [5, 5.41) is 3.32. The summed E-state index contributed by atoms with van der Waals surface area (Å²) in [5.41, 5.74) is 0. The first-order valence-electron chi connectivity index (χ1n) is 7.19. The number of hydrogen-bond donors (Lipinski definition) is 1. The number of nitrogens with zero attached hydrogens (tertiary/aromatic N) is 3. The summed E-state index contributed by atoms with van der Waals surface area (Å²) in [5.74, 6) is 1.31. The van der Waals surface area contributed by atoms with Crippen LogP contribution in [0.15, 0.2) is 12.3 Å². The van der Waals surface area contributed by atoms with Crippen molar-refractivity contribution in [1.29, 1.82) is 0 Å². The molecule has 1 aromatic heterocycles. The monoisotopic (exact) mass is 264 g/mol. The van der Waals surface area contributed by atoms with Crippen molar-refractivity contribution in [2.24, 2.45) is 0 Å². The van der Waals surface area contributed by atoms with Gasteiger partial charge in [-0.3, -0.25) is 0 Å². The molecule has 106 valence electrons. The number of nitrogens with one attached hydrogen (secondary N) is 1. The summed E-state index contributed by atoms with van der Waals surface area (Å²) < 4.78 is 5.51. The van der Waals surface area contributed by atoms with Crippen molar-refractivity contribution < 1.29 is 4.74 Å². The van der Waals surface area contributed by atoms with Gasteiger partial charge in [-0.1, -0.05) is 13.3 Å². The maximum Gasteiger partial charge on any atom is 0.225 e. The van der Waals surface area contributed by atoms with Crippen molar-refractivity contribution in [1.82, 2.24) is 14.9 Å². The molecule has 1 aliphatic rings. The van der Waals surface area contributed by atoms with Gasteiger partial charge in [0.1, 0.15) is 0 Å². The van der Waals surface area contributed by atoms with E-state index in [9.17, 15) is 0 Å². The molecular formula is C14H24N4O. The molecule has 0 spiro atoms. The summed E-state index contributed by atoms with van der Waals surface area (Å²) in [4.78, 5) is 11.0. The van der Waals surface area contributed by atoms with E-state index in [0.717, 1.165) is 13.0 Å². The molecule has 1 N–H and O–H groups in total. The highest BCUT2D eigenvalue weighted by Gasteiger charge is 2.18. The zero-order valence-corrected chi connectivity index (χ0v) is 11.9. The van der Waals surface area contributed by atoms with Crippen LogP contribution in [0.1, 0.15) is 32.6 Å². The minimum absolute atomic E-state index is 0.581. The second-order valence-corrected chi connectivity index (χ2v) is 5.08. The van der Waals surface area contributed by atoms with Crippen LogP contribution in [0.3, 0.4) is 0 Å². The van der Waals surface area contributed by atoms with Gasteiger partial charge < -0.3 is 15.0 Å². The van der Waals surface area contributed by atoms with E-state index in [1.807, 2.05) is 0 Å². The Kier molecular flexibility index (Phi) is 5.39. The average molecular weight is 264 g/mol. The number of piperidine rings is 1. The Bertz CT molecular complexity index is 385. The summed E-state index contributed by atoms with van der Waals surface area (Å²) in [6.07, 6.45) is 6.60. The molecule has 5 nitrogen and oxygen atoms in total. The van der Waals surface area contributed by atoms with Gasteiger partial charge in [-0.25, -0.2) is 4.98 Å². The molecule has 1 aromatic rings. The fraction of sp³-hybridized carbons (Fsp3) is 0.714. The van der Waals surface area contributed by atoms with Crippen LogP contribution in [-0.2, 0) is 0 Å².